The zero-order chi connectivity index (χ0) is 9.52. The molecule has 0 nitrogen and oxygen atoms in total. The van der Waals surface area contributed by atoms with Gasteiger partial charge in [0.25, 0.3) is 0 Å². The summed E-state index contributed by atoms with van der Waals surface area (Å²) in [5, 5.41) is 0. The predicted molar refractivity (Wildman–Crippen MR) is 66.4 cm³/mol. The molecule has 0 bridgehead atoms. The molecule has 1 rings (SSSR count). The maximum absolute atomic E-state index is 3.44. The van der Waals surface area contributed by atoms with Gasteiger partial charge in [0.2, 0.25) is 0 Å². The molecule has 0 aliphatic heterocycles. The van der Waals surface area contributed by atoms with E-state index in [1.165, 1.54) is 34.4 Å². The number of benzene rings is 1. The first-order valence-corrected chi connectivity index (χ1v) is 6.76. The number of unbranched alkanes of at least 4 members (excludes halogenated alkanes) is 1. The molecule has 0 aliphatic carbocycles. The lowest BCUT2D eigenvalue weighted by Crippen LogP contribution is -1.92. The first kappa shape index (κ1) is 11.1. The Morgan fingerprint density at radius 3 is 2.54 bits per heavy atom. The summed E-state index contributed by atoms with van der Waals surface area (Å²) in [6, 6.07) is 8.63. The maximum atomic E-state index is 3.44. The van der Waals surface area contributed by atoms with E-state index in [-0.39, 0.29) is 0 Å². The smallest absolute Gasteiger partial charge is 0.0652 e. The molecule has 0 saturated heterocycles. The fraction of sp³-hybridized carbons (Fsp3) is 0.455. The molecule has 2 heteroatoms. The van der Waals surface area contributed by atoms with Crippen molar-refractivity contribution in [1.82, 2.24) is 0 Å². The van der Waals surface area contributed by atoms with E-state index in [1.54, 1.807) is 11.8 Å². The second-order valence-corrected chi connectivity index (χ2v) is 5.21. The Morgan fingerprint density at radius 1 is 1.23 bits per heavy atom. The minimum Gasteiger partial charge on any atom is -0.0652 e. The van der Waals surface area contributed by atoms with Gasteiger partial charge in [0.15, 0.2) is 0 Å². The van der Waals surface area contributed by atoms with Crippen LogP contribution in [0, 0.1) is 0 Å². The molecule has 0 spiro atoms. The molecule has 72 valence electrons. The summed E-state index contributed by atoms with van der Waals surface area (Å²) in [5.74, 6) is 2.54. The molecular formula is C11H16BrS+. The minimum absolute atomic E-state index is 1.17. The van der Waals surface area contributed by atoms with Crippen molar-refractivity contribution in [3.63, 3.8) is 0 Å². The van der Waals surface area contributed by atoms with E-state index in [9.17, 15) is 0 Å². The molecule has 1 aromatic rings. The fourth-order valence-electron chi connectivity index (χ4n) is 1.07. The predicted octanol–water partition coefficient (Wildman–Crippen LogP) is 3.56. The van der Waals surface area contributed by atoms with E-state index < -0.39 is 0 Å². The van der Waals surface area contributed by atoms with Crippen molar-refractivity contribution in [2.24, 2.45) is 0 Å². The average Bonchev–Trinajstić information content (AvgIpc) is 2.15. The highest BCUT2D eigenvalue weighted by molar-refractivity contribution is 9.10. The van der Waals surface area contributed by atoms with Crippen molar-refractivity contribution >= 4 is 27.7 Å². The third-order valence-electron chi connectivity index (χ3n) is 1.88. The molecule has 0 radical (unpaired) electrons. The van der Waals surface area contributed by atoms with Crippen molar-refractivity contribution in [1.29, 1.82) is 0 Å². The molecule has 0 unspecified atom stereocenters. The van der Waals surface area contributed by atoms with Crippen LogP contribution in [0.15, 0.2) is 28.7 Å². The van der Waals surface area contributed by atoms with Gasteiger partial charge < -0.3 is 0 Å². The minimum atomic E-state index is 1.17. The van der Waals surface area contributed by atoms with Gasteiger partial charge in [-0.05, 0) is 30.3 Å². The van der Waals surface area contributed by atoms with Crippen LogP contribution in [0.1, 0.15) is 25.3 Å². The Hall–Kier alpha value is 0.0500. The normalized spacial score (nSPS) is 10.3. The standard InChI is InChI=1S/C11H15BrS/c1-2-3-8-13-9-10-4-6-11(12)7-5-10/h4-7H,2-3,8-9H2,1H3/p+1. The first-order valence-electron chi connectivity index (χ1n) is 4.70. The molecular weight excluding hydrogens is 244 g/mol. The highest BCUT2D eigenvalue weighted by atomic mass is 79.9. The Kier molecular flexibility index (Phi) is 5.56. The maximum Gasteiger partial charge on any atom is 0.130 e. The largest absolute Gasteiger partial charge is 0.130 e. The first-order chi connectivity index (χ1) is 6.33. The molecule has 0 fully saturated rings. The van der Waals surface area contributed by atoms with E-state index in [0.29, 0.717) is 0 Å². The van der Waals surface area contributed by atoms with E-state index in [4.69, 9.17) is 0 Å². The second-order valence-electron chi connectivity index (χ2n) is 3.09. The van der Waals surface area contributed by atoms with Crippen LogP contribution in [0.2, 0.25) is 0 Å². The molecule has 0 atom stereocenters. The molecule has 0 saturated carbocycles. The van der Waals surface area contributed by atoms with Crippen molar-refractivity contribution < 1.29 is 0 Å². The van der Waals surface area contributed by atoms with Gasteiger partial charge in [-0.3, -0.25) is 0 Å². The lowest BCUT2D eigenvalue weighted by Gasteiger charge is -1.95. The van der Waals surface area contributed by atoms with Crippen LogP contribution in [-0.4, -0.2) is 5.75 Å². The third kappa shape index (κ3) is 4.72. The highest BCUT2D eigenvalue weighted by Crippen LogP contribution is 2.11. The van der Waals surface area contributed by atoms with E-state index >= 15 is 0 Å². The average molecular weight is 260 g/mol. The number of hydrogen-bond donors (Lipinski definition) is 0. The van der Waals surface area contributed by atoms with Gasteiger partial charge in [-0.2, -0.15) is 0 Å². The lowest BCUT2D eigenvalue weighted by molar-refractivity contribution is 0.895. The quantitative estimate of drug-likeness (QED) is 0.431. The Balaban J connectivity index is 2.25. The van der Waals surface area contributed by atoms with Crippen LogP contribution in [0.25, 0.3) is 0 Å². The highest BCUT2D eigenvalue weighted by Gasteiger charge is 1.99. The third-order valence-corrected chi connectivity index (χ3v) is 3.63. The number of hydrogen-bond acceptors (Lipinski definition) is 0. The Bertz CT molecular complexity index is 230. The van der Waals surface area contributed by atoms with Crippen LogP contribution in [0.3, 0.4) is 0 Å². The second kappa shape index (κ2) is 6.50. The van der Waals surface area contributed by atoms with Crippen LogP contribution in [-0.2, 0) is 17.5 Å². The summed E-state index contributed by atoms with van der Waals surface area (Å²) in [4.78, 5) is 0. The van der Waals surface area contributed by atoms with Crippen molar-refractivity contribution in [2.45, 2.75) is 25.5 Å². The topological polar surface area (TPSA) is 0 Å². The summed E-state index contributed by atoms with van der Waals surface area (Å²) in [6.07, 6.45) is 2.67. The zero-order valence-corrected chi connectivity index (χ0v) is 10.4. The SMILES string of the molecule is CCCC[SH+]Cc1ccc(Br)cc1. The van der Waals surface area contributed by atoms with Crippen LogP contribution in [0.5, 0.6) is 0 Å². The number of thiol groups is 1. The van der Waals surface area contributed by atoms with Crippen molar-refractivity contribution in [3.05, 3.63) is 34.3 Å². The summed E-state index contributed by atoms with van der Waals surface area (Å²) in [5.41, 5.74) is 1.45. The van der Waals surface area contributed by atoms with Crippen LogP contribution < -0.4 is 0 Å². The van der Waals surface area contributed by atoms with Gasteiger partial charge in [0.05, 0.1) is 0 Å². The van der Waals surface area contributed by atoms with Gasteiger partial charge in [0.1, 0.15) is 11.5 Å². The molecule has 0 amide bonds. The van der Waals surface area contributed by atoms with Gasteiger partial charge in [-0.1, -0.05) is 41.4 Å². The summed E-state index contributed by atoms with van der Waals surface area (Å²) < 4.78 is 1.17. The summed E-state index contributed by atoms with van der Waals surface area (Å²) >= 11 is 5.00. The van der Waals surface area contributed by atoms with Gasteiger partial charge in [-0.25, -0.2) is 0 Å². The van der Waals surface area contributed by atoms with E-state index in [1.807, 2.05) is 0 Å². The number of halogens is 1. The van der Waals surface area contributed by atoms with Gasteiger partial charge in [0, 0.05) is 10.0 Å². The van der Waals surface area contributed by atoms with E-state index in [0.717, 1.165) is 0 Å². The monoisotopic (exact) mass is 259 g/mol. The molecule has 0 aliphatic rings. The van der Waals surface area contributed by atoms with Crippen molar-refractivity contribution in [2.75, 3.05) is 5.75 Å². The molecule has 0 N–H and O–H groups in total. The Morgan fingerprint density at radius 2 is 1.92 bits per heavy atom. The summed E-state index contributed by atoms with van der Waals surface area (Å²) in [7, 11) is 0. The molecule has 0 aromatic heterocycles. The fourth-order valence-corrected chi connectivity index (χ4v) is 2.50. The lowest BCUT2D eigenvalue weighted by atomic mass is 10.2. The summed E-state index contributed by atoms with van der Waals surface area (Å²) in [6.45, 7) is 2.25. The van der Waals surface area contributed by atoms with Crippen LogP contribution >= 0.6 is 15.9 Å². The molecule has 0 heterocycles. The number of rotatable bonds is 5. The van der Waals surface area contributed by atoms with E-state index in [2.05, 4.69) is 47.1 Å². The van der Waals surface area contributed by atoms with Gasteiger partial charge in [-0.15, -0.1) is 0 Å². The zero-order valence-electron chi connectivity index (χ0n) is 7.96. The van der Waals surface area contributed by atoms with Crippen molar-refractivity contribution in [3.8, 4) is 0 Å². The molecule has 13 heavy (non-hydrogen) atoms. The van der Waals surface area contributed by atoms with Gasteiger partial charge >= 0.3 is 0 Å². The van der Waals surface area contributed by atoms with Crippen LogP contribution in [0.4, 0.5) is 0 Å². The Labute approximate surface area is 93.2 Å². The molecule has 1 aromatic carbocycles.